The monoisotopic (exact) mass is 226 g/mol. The highest BCUT2D eigenvalue weighted by Gasteiger charge is 2.08. The lowest BCUT2D eigenvalue weighted by molar-refractivity contribution is 0.112. The van der Waals surface area contributed by atoms with Gasteiger partial charge in [-0.1, -0.05) is 6.07 Å². The molecule has 0 saturated carbocycles. The van der Waals surface area contributed by atoms with Gasteiger partial charge in [0.25, 0.3) is 0 Å². The molecule has 2 rings (SSSR count). The molecule has 1 aromatic carbocycles. The summed E-state index contributed by atoms with van der Waals surface area (Å²) in [5, 5.41) is 10.6. The molecule has 1 N–H and O–H groups in total. The fraction of sp³-hybridized carbons (Fsp3) is 0.100. The van der Waals surface area contributed by atoms with Gasteiger partial charge in [0.1, 0.15) is 5.75 Å². The average Bonchev–Trinajstić information content (AvgIpc) is 2.62. The highest BCUT2D eigenvalue weighted by atomic mass is 35.5. The van der Waals surface area contributed by atoms with E-state index in [1.54, 1.807) is 6.07 Å². The number of aldehydes is 1. The first kappa shape index (κ1) is 9.49. The molecule has 4 heteroatoms. The van der Waals surface area contributed by atoms with E-state index in [1.807, 2.05) is 12.1 Å². The Hall–Kier alpha value is -1.06. The summed E-state index contributed by atoms with van der Waals surface area (Å²) in [6.07, 6.45) is 0.648. The van der Waals surface area contributed by atoms with Gasteiger partial charge in [-0.25, -0.2) is 0 Å². The molecule has 1 heterocycles. The minimum atomic E-state index is 0.0545. The van der Waals surface area contributed by atoms with Crippen molar-refractivity contribution in [2.24, 2.45) is 0 Å². The van der Waals surface area contributed by atoms with Crippen molar-refractivity contribution < 1.29 is 9.90 Å². The van der Waals surface area contributed by atoms with E-state index >= 15 is 0 Å². The van der Waals surface area contributed by atoms with Crippen LogP contribution in [0, 0.1) is 0 Å². The molecule has 0 aliphatic heterocycles. The summed E-state index contributed by atoms with van der Waals surface area (Å²) in [5.74, 6) is 0.480. The van der Waals surface area contributed by atoms with E-state index in [-0.39, 0.29) is 5.75 Å². The van der Waals surface area contributed by atoms with Gasteiger partial charge in [-0.15, -0.1) is 22.9 Å². The van der Waals surface area contributed by atoms with E-state index in [4.69, 9.17) is 11.6 Å². The van der Waals surface area contributed by atoms with Crippen molar-refractivity contribution in [2.45, 2.75) is 5.88 Å². The van der Waals surface area contributed by atoms with Crippen LogP contribution in [0.1, 0.15) is 15.2 Å². The lowest BCUT2D eigenvalue weighted by Crippen LogP contribution is -1.79. The second-order valence-corrected chi connectivity index (χ2v) is 4.29. The smallest absolute Gasteiger partial charge is 0.153 e. The molecule has 1 aromatic heterocycles. The molecule has 0 aliphatic carbocycles. The lowest BCUT2D eigenvalue weighted by Gasteiger charge is -1.96. The second kappa shape index (κ2) is 3.59. The number of benzene rings is 1. The maximum Gasteiger partial charge on any atom is 0.153 e. The molecule has 0 aliphatic rings. The standard InChI is InChI=1S/C10H7ClO2S/c11-4-8-3-6-1-2-7(5-12)9(13)10(6)14-8/h1-3,5,13H,4H2. The molecule has 0 amide bonds. The number of phenols is 1. The zero-order valence-electron chi connectivity index (χ0n) is 7.16. The van der Waals surface area contributed by atoms with E-state index in [2.05, 4.69) is 0 Å². The van der Waals surface area contributed by atoms with E-state index < -0.39 is 0 Å². The van der Waals surface area contributed by atoms with E-state index in [0.717, 1.165) is 15.0 Å². The van der Waals surface area contributed by atoms with Crippen LogP contribution in [0.2, 0.25) is 0 Å². The van der Waals surface area contributed by atoms with Gasteiger partial charge in [0, 0.05) is 4.88 Å². The second-order valence-electron chi connectivity index (χ2n) is 2.89. The topological polar surface area (TPSA) is 37.3 Å². The maximum absolute atomic E-state index is 10.6. The van der Waals surface area contributed by atoms with Crippen molar-refractivity contribution in [3.05, 3.63) is 28.6 Å². The first-order chi connectivity index (χ1) is 6.76. The van der Waals surface area contributed by atoms with E-state index in [1.165, 1.54) is 11.3 Å². The predicted octanol–water partition coefficient (Wildman–Crippen LogP) is 3.16. The highest BCUT2D eigenvalue weighted by Crippen LogP contribution is 2.35. The number of fused-ring (bicyclic) bond motifs is 1. The van der Waals surface area contributed by atoms with Crippen molar-refractivity contribution in [1.29, 1.82) is 0 Å². The largest absolute Gasteiger partial charge is 0.506 e. The summed E-state index contributed by atoms with van der Waals surface area (Å²) in [7, 11) is 0. The Balaban J connectivity index is 2.74. The van der Waals surface area contributed by atoms with Gasteiger partial charge < -0.3 is 5.11 Å². The fourth-order valence-electron chi connectivity index (χ4n) is 1.32. The highest BCUT2D eigenvalue weighted by molar-refractivity contribution is 7.19. The molecule has 0 fully saturated rings. The minimum absolute atomic E-state index is 0.0545. The number of carbonyl (C=O) groups is 1. The molecule has 0 spiro atoms. The van der Waals surface area contributed by atoms with Crippen molar-refractivity contribution >= 4 is 39.3 Å². The van der Waals surface area contributed by atoms with Gasteiger partial charge in [-0.3, -0.25) is 4.79 Å². The average molecular weight is 227 g/mol. The third kappa shape index (κ3) is 1.38. The van der Waals surface area contributed by atoms with Crippen LogP contribution in [0.5, 0.6) is 5.75 Å². The normalized spacial score (nSPS) is 10.6. The Morgan fingerprint density at radius 1 is 1.50 bits per heavy atom. The molecule has 0 bridgehead atoms. The molecule has 2 aromatic rings. The number of alkyl halides is 1. The van der Waals surface area contributed by atoms with Crippen LogP contribution >= 0.6 is 22.9 Å². The van der Waals surface area contributed by atoms with Crippen molar-refractivity contribution in [2.75, 3.05) is 0 Å². The Morgan fingerprint density at radius 3 is 2.93 bits per heavy atom. The van der Waals surface area contributed by atoms with E-state index in [9.17, 15) is 9.90 Å². The first-order valence-electron chi connectivity index (χ1n) is 4.02. The molecular formula is C10H7ClO2S. The Kier molecular flexibility index (Phi) is 2.44. The number of phenolic OH excluding ortho intramolecular Hbond substituents is 1. The summed E-state index contributed by atoms with van der Waals surface area (Å²) in [6.45, 7) is 0. The van der Waals surface area contributed by atoms with E-state index in [0.29, 0.717) is 17.7 Å². The van der Waals surface area contributed by atoms with Crippen molar-refractivity contribution in [1.82, 2.24) is 0 Å². The molecule has 0 atom stereocenters. The SMILES string of the molecule is O=Cc1ccc2cc(CCl)sc2c1O. The number of hydrogen-bond acceptors (Lipinski definition) is 3. The number of carbonyl (C=O) groups excluding carboxylic acids is 1. The van der Waals surface area contributed by atoms with Gasteiger partial charge in [0.15, 0.2) is 6.29 Å². The predicted molar refractivity (Wildman–Crippen MR) is 58.4 cm³/mol. The number of thiophene rings is 1. The summed E-state index contributed by atoms with van der Waals surface area (Å²) in [6, 6.07) is 5.34. The van der Waals surface area contributed by atoms with Crippen LogP contribution < -0.4 is 0 Å². The maximum atomic E-state index is 10.6. The van der Waals surface area contributed by atoms with Gasteiger partial charge in [-0.2, -0.15) is 0 Å². The Morgan fingerprint density at radius 2 is 2.29 bits per heavy atom. The fourth-order valence-corrected chi connectivity index (χ4v) is 2.52. The molecular weight excluding hydrogens is 220 g/mol. The van der Waals surface area contributed by atoms with Crippen molar-refractivity contribution in [3.63, 3.8) is 0 Å². The zero-order chi connectivity index (χ0) is 10.1. The summed E-state index contributed by atoms with van der Waals surface area (Å²) in [5.41, 5.74) is 0.320. The van der Waals surface area contributed by atoms with Crippen LogP contribution in [0.25, 0.3) is 10.1 Å². The molecule has 0 saturated heterocycles. The van der Waals surface area contributed by atoms with Crippen LogP contribution in [-0.4, -0.2) is 11.4 Å². The summed E-state index contributed by atoms with van der Waals surface area (Å²) in [4.78, 5) is 11.6. The zero-order valence-corrected chi connectivity index (χ0v) is 8.73. The molecule has 72 valence electrons. The lowest BCUT2D eigenvalue weighted by atomic mass is 10.1. The van der Waals surface area contributed by atoms with Crippen LogP contribution in [0.3, 0.4) is 0 Å². The number of halogens is 1. The number of aromatic hydroxyl groups is 1. The molecule has 2 nitrogen and oxygen atoms in total. The third-order valence-corrected chi connectivity index (χ3v) is 3.61. The van der Waals surface area contributed by atoms with Crippen LogP contribution in [0.15, 0.2) is 18.2 Å². The van der Waals surface area contributed by atoms with Gasteiger partial charge in [-0.05, 0) is 17.5 Å². The third-order valence-electron chi connectivity index (χ3n) is 2.00. The van der Waals surface area contributed by atoms with Crippen LogP contribution in [-0.2, 0) is 5.88 Å². The first-order valence-corrected chi connectivity index (χ1v) is 5.37. The number of rotatable bonds is 2. The Labute approximate surface area is 89.7 Å². The van der Waals surface area contributed by atoms with Gasteiger partial charge >= 0.3 is 0 Å². The minimum Gasteiger partial charge on any atom is -0.506 e. The quantitative estimate of drug-likeness (QED) is 0.631. The molecule has 0 unspecified atom stereocenters. The van der Waals surface area contributed by atoms with Crippen molar-refractivity contribution in [3.8, 4) is 5.75 Å². The summed E-state index contributed by atoms with van der Waals surface area (Å²) < 4.78 is 0.727. The molecule has 0 radical (unpaired) electrons. The van der Waals surface area contributed by atoms with Gasteiger partial charge in [0.2, 0.25) is 0 Å². The Bertz CT molecular complexity index is 490. The number of hydrogen-bond donors (Lipinski definition) is 1. The molecule has 14 heavy (non-hydrogen) atoms. The van der Waals surface area contributed by atoms with Crippen LogP contribution in [0.4, 0.5) is 0 Å². The summed E-state index contributed by atoms with van der Waals surface area (Å²) >= 11 is 7.10. The van der Waals surface area contributed by atoms with Gasteiger partial charge in [0.05, 0.1) is 16.1 Å².